The number of amides is 1. The third-order valence-corrected chi connectivity index (χ3v) is 7.17. The Morgan fingerprint density at radius 1 is 0.969 bits per heavy atom. The molecule has 1 amide bonds. The van der Waals surface area contributed by atoms with Gasteiger partial charge in [0.15, 0.2) is 0 Å². The summed E-state index contributed by atoms with van der Waals surface area (Å²) in [6, 6.07) is 16.5. The summed E-state index contributed by atoms with van der Waals surface area (Å²) in [7, 11) is 1.91. The fourth-order valence-electron chi connectivity index (χ4n) is 4.18. The topological polar surface area (TPSA) is 50.3 Å². The Hall–Kier alpha value is -2.44. The molecule has 0 atom stereocenters. The Morgan fingerprint density at radius 3 is 2.19 bits per heavy atom. The molecule has 2 aromatic rings. The number of anilines is 2. The Bertz CT molecular complexity index is 996. The number of hydrogen-bond donors (Lipinski definition) is 1. The number of aliphatic hydroxyl groups is 1. The molecular formula is C25H30N4O2Se. The van der Waals surface area contributed by atoms with Gasteiger partial charge in [-0.15, -0.1) is 0 Å². The maximum atomic E-state index is 13.2. The van der Waals surface area contributed by atoms with E-state index in [0.29, 0.717) is 5.70 Å². The molecule has 6 nitrogen and oxygen atoms in total. The van der Waals surface area contributed by atoms with Crippen LogP contribution in [0.15, 0.2) is 54.2 Å². The van der Waals surface area contributed by atoms with Gasteiger partial charge in [0.25, 0.3) is 0 Å². The zero-order valence-corrected chi connectivity index (χ0v) is 20.4. The van der Waals surface area contributed by atoms with Gasteiger partial charge in [-0.1, -0.05) is 0 Å². The molecule has 2 aliphatic rings. The van der Waals surface area contributed by atoms with E-state index in [0.717, 1.165) is 55.1 Å². The first kappa shape index (κ1) is 22.7. The van der Waals surface area contributed by atoms with Crippen LogP contribution in [0.25, 0.3) is 6.08 Å². The van der Waals surface area contributed by atoms with Gasteiger partial charge >= 0.3 is 180 Å². The van der Waals surface area contributed by atoms with E-state index in [1.165, 1.54) is 11.3 Å². The number of carbonyl (C=O) groups is 1. The van der Waals surface area contributed by atoms with Crippen molar-refractivity contribution in [2.75, 3.05) is 56.2 Å². The van der Waals surface area contributed by atoms with Crippen molar-refractivity contribution in [3.63, 3.8) is 0 Å². The number of aryl methyl sites for hydroxylation is 1. The van der Waals surface area contributed by atoms with E-state index in [1.54, 1.807) is 4.90 Å². The van der Waals surface area contributed by atoms with Crippen molar-refractivity contribution in [2.45, 2.75) is 13.3 Å². The summed E-state index contributed by atoms with van der Waals surface area (Å²) in [6.07, 6.45) is 2.92. The van der Waals surface area contributed by atoms with E-state index in [4.69, 9.17) is 5.11 Å². The molecule has 0 saturated carbocycles. The first-order valence-corrected chi connectivity index (χ1v) is 12.0. The van der Waals surface area contributed by atoms with Crippen molar-refractivity contribution in [3.8, 4) is 0 Å². The number of hydrogen-bond acceptors (Lipinski definition) is 5. The van der Waals surface area contributed by atoms with Crippen LogP contribution in [0.3, 0.4) is 0 Å². The van der Waals surface area contributed by atoms with Crippen LogP contribution in [0.5, 0.6) is 0 Å². The van der Waals surface area contributed by atoms with Gasteiger partial charge in [0.2, 0.25) is 0 Å². The molecule has 0 spiro atoms. The predicted molar refractivity (Wildman–Crippen MR) is 132 cm³/mol. The molecule has 1 N–H and O–H groups in total. The van der Waals surface area contributed by atoms with Crippen LogP contribution >= 0.6 is 0 Å². The van der Waals surface area contributed by atoms with Crippen molar-refractivity contribution >= 4 is 43.6 Å². The minimum atomic E-state index is -0.0328. The number of carbonyl (C=O) groups excluding carboxylic acids is 1. The molecule has 168 valence electrons. The van der Waals surface area contributed by atoms with Crippen molar-refractivity contribution in [2.24, 2.45) is 0 Å². The Kier molecular flexibility index (Phi) is 7.11. The molecule has 32 heavy (non-hydrogen) atoms. The van der Waals surface area contributed by atoms with E-state index < -0.39 is 0 Å². The molecule has 2 saturated heterocycles. The van der Waals surface area contributed by atoms with Crippen molar-refractivity contribution < 1.29 is 9.90 Å². The second-order valence-corrected chi connectivity index (χ2v) is 8.94. The predicted octanol–water partition coefficient (Wildman–Crippen LogP) is 1.94. The third kappa shape index (κ3) is 4.66. The van der Waals surface area contributed by atoms with Crippen molar-refractivity contribution in [1.82, 2.24) is 9.80 Å². The van der Waals surface area contributed by atoms with Crippen LogP contribution in [0.1, 0.15) is 18.1 Å². The number of rotatable bonds is 6. The zero-order valence-electron chi connectivity index (χ0n) is 18.7. The number of nitrogens with zero attached hydrogens (tertiary/aromatic N) is 4. The normalized spacial score (nSPS) is 18.8. The van der Waals surface area contributed by atoms with Crippen LogP contribution in [-0.2, 0) is 11.2 Å². The second-order valence-electron chi connectivity index (χ2n) is 8.18. The van der Waals surface area contributed by atoms with E-state index in [9.17, 15) is 4.79 Å². The third-order valence-electron chi connectivity index (χ3n) is 6.21. The number of piperazine rings is 1. The van der Waals surface area contributed by atoms with Gasteiger partial charge in [0, 0.05) is 6.54 Å². The summed E-state index contributed by atoms with van der Waals surface area (Å²) >= 11 is 3.06. The molecular weight excluding hydrogens is 467 g/mol. The molecule has 0 radical (unpaired) electrons. The van der Waals surface area contributed by atoms with Crippen LogP contribution in [0.4, 0.5) is 11.4 Å². The van der Waals surface area contributed by atoms with Gasteiger partial charge in [0.1, 0.15) is 0 Å². The van der Waals surface area contributed by atoms with Crippen molar-refractivity contribution in [3.05, 3.63) is 65.4 Å². The van der Waals surface area contributed by atoms with Crippen LogP contribution in [0.2, 0.25) is 0 Å². The van der Waals surface area contributed by atoms with E-state index in [1.807, 2.05) is 30.2 Å². The quantitative estimate of drug-likeness (QED) is 0.489. The summed E-state index contributed by atoms with van der Waals surface area (Å²) in [5, 5.41) is 9.11. The molecule has 2 aromatic carbocycles. The fourth-order valence-corrected chi connectivity index (χ4v) is 4.78. The first-order chi connectivity index (χ1) is 15.5. The van der Waals surface area contributed by atoms with Gasteiger partial charge in [-0.05, 0) is 0 Å². The summed E-state index contributed by atoms with van der Waals surface area (Å²) in [5.74, 6) is -0.0328. The van der Waals surface area contributed by atoms with Gasteiger partial charge in [0.05, 0.1) is 6.61 Å². The fraction of sp³-hybridized carbons (Fsp3) is 0.360. The zero-order chi connectivity index (χ0) is 22.7. The van der Waals surface area contributed by atoms with Crippen LogP contribution < -0.4 is 9.80 Å². The SMILES string of the molecule is CCc1ccc(N2C(=O)/C(=C\c3ccc(N4CCN(CCO)CC4)cc3)N(C)C2=[Se])cc1. The molecule has 2 heterocycles. The summed E-state index contributed by atoms with van der Waals surface area (Å²) in [5.41, 5.74) is 4.95. The van der Waals surface area contributed by atoms with Gasteiger partial charge < -0.3 is 5.11 Å². The molecule has 0 unspecified atom stereocenters. The van der Waals surface area contributed by atoms with Gasteiger partial charge in [-0.3, -0.25) is 0 Å². The van der Waals surface area contributed by atoms with E-state index in [-0.39, 0.29) is 12.5 Å². The first-order valence-electron chi connectivity index (χ1n) is 11.1. The molecule has 0 aromatic heterocycles. The Balaban J connectivity index is 1.48. The Labute approximate surface area is 198 Å². The number of β-amino-alcohol motifs (C(OH)–C–C–N with tert-alkyl or cyclic N) is 1. The second kappa shape index (κ2) is 10.0. The number of benzene rings is 2. The van der Waals surface area contributed by atoms with Crippen molar-refractivity contribution in [1.29, 1.82) is 0 Å². The van der Waals surface area contributed by atoms with Crippen LogP contribution in [-0.4, -0.2) is 87.4 Å². The van der Waals surface area contributed by atoms with E-state index >= 15 is 0 Å². The summed E-state index contributed by atoms with van der Waals surface area (Å²) in [4.78, 5) is 21.5. The average molecular weight is 498 g/mol. The standard InChI is InChI=1S/C25H30N4O2Se/c1-3-19-4-10-22(11-5-19)29-24(31)23(26(2)25(29)32)18-20-6-8-21(9-7-20)28-14-12-27(13-15-28)16-17-30/h4-11,18,30H,3,12-17H2,1-2H3/b23-18+. The summed E-state index contributed by atoms with van der Waals surface area (Å²) < 4.78 is 0.780. The van der Waals surface area contributed by atoms with Crippen LogP contribution in [0, 0.1) is 0 Å². The summed E-state index contributed by atoms with van der Waals surface area (Å²) in [6.45, 7) is 6.92. The van der Waals surface area contributed by atoms with E-state index in [2.05, 4.69) is 68.7 Å². The number of likely N-dealkylation sites (N-methyl/N-ethyl adjacent to an activating group) is 1. The van der Waals surface area contributed by atoms with Gasteiger partial charge in [-0.2, -0.15) is 0 Å². The molecule has 2 fully saturated rings. The van der Waals surface area contributed by atoms with Gasteiger partial charge in [-0.25, -0.2) is 0 Å². The maximum absolute atomic E-state index is 13.2. The Morgan fingerprint density at radius 2 is 1.59 bits per heavy atom. The number of aliphatic hydroxyl groups excluding tert-OH is 1. The molecule has 7 heteroatoms. The monoisotopic (exact) mass is 498 g/mol. The molecule has 4 rings (SSSR count). The molecule has 0 aliphatic carbocycles. The minimum absolute atomic E-state index is 0.0328. The molecule has 2 aliphatic heterocycles. The average Bonchev–Trinajstić information content (AvgIpc) is 3.03. The molecule has 0 bridgehead atoms.